The first-order valence-electron chi connectivity index (χ1n) is 11.7. The van der Waals surface area contributed by atoms with Gasteiger partial charge >= 0.3 is 6.01 Å². The quantitative estimate of drug-likeness (QED) is 0.752. The van der Waals surface area contributed by atoms with Gasteiger partial charge in [-0.2, -0.15) is 4.98 Å². The van der Waals surface area contributed by atoms with E-state index >= 15 is 0 Å². The summed E-state index contributed by atoms with van der Waals surface area (Å²) in [7, 11) is 0. The Hall–Kier alpha value is -1.98. The zero-order chi connectivity index (χ0) is 20.3. The molecule has 5 nitrogen and oxygen atoms in total. The highest BCUT2D eigenvalue weighted by Crippen LogP contribution is 2.41. The fraction of sp³-hybridized carbons (Fsp3) is 0.600. The number of likely N-dealkylation sites (tertiary alicyclic amines) is 1. The van der Waals surface area contributed by atoms with E-state index in [0.29, 0.717) is 23.8 Å². The maximum Gasteiger partial charge on any atom is 0.316 e. The lowest BCUT2D eigenvalue weighted by Gasteiger charge is -2.35. The molecule has 0 radical (unpaired) electrons. The predicted octanol–water partition coefficient (Wildman–Crippen LogP) is 4.03. The van der Waals surface area contributed by atoms with E-state index in [9.17, 15) is 0 Å². The monoisotopic (exact) mass is 406 g/mol. The zero-order valence-electron chi connectivity index (χ0n) is 18.1. The van der Waals surface area contributed by atoms with Crippen LogP contribution in [0.4, 0.5) is 0 Å². The Balaban J connectivity index is 1.10. The minimum absolute atomic E-state index is 0.496. The summed E-state index contributed by atoms with van der Waals surface area (Å²) in [5.41, 5.74) is 5.06. The van der Waals surface area contributed by atoms with E-state index < -0.39 is 0 Å². The molecule has 0 bridgehead atoms. The average molecular weight is 407 g/mol. The Kier molecular flexibility index (Phi) is 6.00. The number of hydrogen-bond donors (Lipinski definition) is 1. The molecule has 1 aromatic heterocycles. The van der Waals surface area contributed by atoms with Crippen LogP contribution in [0.3, 0.4) is 0 Å². The maximum atomic E-state index is 6.02. The van der Waals surface area contributed by atoms with Gasteiger partial charge in [0.25, 0.3) is 0 Å². The van der Waals surface area contributed by atoms with E-state index in [4.69, 9.17) is 9.72 Å². The number of ether oxygens (including phenoxy) is 1. The van der Waals surface area contributed by atoms with Gasteiger partial charge in [-0.15, -0.1) is 0 Å². The van der Waals surface area contributed by atoms with Gasteiger partial charge in [0.15, 0.2) is 0 Å². The van der Waals surface area contributed by atoms with E-state index in [0.717, 1.165) is 44.0 Å². The summed E-state index contributed by atoms with van der Waals surface area (Å²) in [5, 5.41) is 3.42. The summed E-state index contributed by atoms with van der Waals surface area (Å²) in [6.07, 6.45) is 6.27. The third-order valence-electron chi connectivity index (χ3n) is 7.07. The van der Waals surface area contributed by atoms with E-state index in [1.54, 1.807) is 0 Å². The van der Waals surface area contributed by atoms with Crippen LogP contribution in [0.2, 0.25) is 0 Å². The van der Waals surface area contributed by atoms with Gasteiger partial charge in [-0.05, 0) is 87.7 Å². The SMILES string of the molecule is Cc1cc(C2CCNC2)nc(OCC2CC(c3ccc(CN4CCCC4)cc3)C2)n1. The van der Waals surface area contributed by atoms with Gasteiger partial charge in [0.2, 0.25) is 0 Å². The largest absolute Gasteiger partial charge is 0.463 e. The second-order valence-electron chi connectivity index (χ2n) is 9.48. The molecule has 1 saturated carbocycles. The van der Waals surface area contributed by atoms with Crippen LogP contribution in [0.25, 0.3) is 0 Å². The normalized spacial score (nSPS) is 26.6. The minimum atomic E-state index is 0.496. The van der Waals surface area contributed by atoms with Crippen LogP contribution in [-0.2, 0) is 6.54 Å². The second-order valence-corrected chi connectivity index (χ2v) is 9.48. The van der Waals surface area contributed by atoms with E-state index in [1.165, 1.54) is 49.9 Å². The van der Waals surface area contributed by atoms with Crippen molar-refractivity contribution in [2.75, 3.05) is 32.8 Å². The van der Waals surface area contributed by atoms with Crippen molar-refractivity contribution in [3.8, 4) is 6.01 Å². The number of aromatic nitrogens is 2. The number of nitrogens with one attached hydrogen (secondary N) is 1. The predicted molar refractivity (Wildman–Crippen MR) is 119 cm³/mol. The highest BCUT2D eigenvalue weighted by molar-refractivity contribution is 5.27. The molecule has 1 aliphatic carbocycles. The zero-order valence-corrected chi connectivity index (χ0v) is 18.1. The van der Waals surface area contributed by atoms with Crippen molar-refractivity contribution >= 4 is 0 Å². The first-order chi connectivity index (χ1) is 14.7. The van der Waals surface area contributed by atoms with Crippen molar-refractivity contribution < 1.29 is 4.74 Å². The summed E-state index contributed by atoms with van der Waals surface area (Å²) in [6, 6.07) is 12.0. The molecule has 1 unspecified atom stereocenters. The highest BCUT2D eigenvalue weighted by atomic mass is 16.5. The van der Waals surface area contributed by atoms with Crippen molar-refractivity contribution in [3.05, 3.63) is 52.8 Å². The van der Waals surface area contributed by atoms with Gasteiger partial charge in [-0.3, -0.25) is 4.90 Å². The number of hydrogen-bond acceptors (Lipinski definition) is 5. The summed E-state index contributed by atoms with van der Waals surface area (Å²) in [4.78, 5) is 11.8. The number of nitrogens with zero attached hydrogens (tertiary/aromatic N) is 3. The molecule has 3 aliphatic rings. The smallest absolute Gasteiger partial charge is 0.316 e. The molecule has 2 aliphatic heterocycles. The van der Waals surface area contributed by atoms with Crippen molar-refractivity contribution in [3.63, 3.8) is 0 Å². The van der Waals surface area contributed by atoms with Gasteiger partial charge in [0.1, 0.15) is 0 Å². The summed E-state index contributed by atoms with van der Waals surface area (Å²) < 4.78 is 6.02. The van der Waals surface area contributed by atoms with Crippen LogP contribution in [0.5, 0.6) is 6.01 Å². The standard InChI is InChI=1S/C25H34N4O/c1-18-12-24(22-8-9-26-15-22)28-25(27-18)30-17-20-13-23(14-20)21-6-4-19(5-7-21)16-29-10-2-3-11-29/h4-7,12,20,22-23,26H,2-3,8-11,13-17H2,1H3. The average Bonchev–Trinajstić information content (AvgIpc) is 3.42. The van der Waals surface area contributed by atoms with Crippen LogP contribution < -0.4 is 10.1 Å². The lowest BCUT2D eigenvalue weighted by Crippen LogP contribution is -2.27. The third kappa shape index (κ3) is 4.68. The molecule has 5 rings (SSSR count). The molecule has 5 heteroatoms. The van der Waals surface area contributed by atoms with Crippen LogP contribution in [0.15, 0.2) is 30.3 Å². The Bertz CT molecular complexity index is 835. The van der Waals surface area contributed by atoms with E-state index in [-0.39, 0.29) is 0 Å². The van der Waals surface area contributed by atoms with Gasteiger partial charge in [0.05, 0.1) is 12.3 Å². The lowest BCUT2D eigenvalue weighted by atomic mass is 9.72. The fourth-order valence-corrected chi connectivity index (χ4v) is 5.18. The second kappa shape index (κ2) is 9.03. The maximum absolute atomic E-state index is 6.02. The van der Waals surface area contributed by atoms with Crippen molar-refractivity contribution in [2.24, 2.45) is 5.92 Å². The summed E-state index contributed by atoms with van der Waals surface area (Å²) >= 11 is 0. The Morgan fingerprint density at radius 2 is 1.87 bits per heavy atom. The molecule has 0 spiro atoms. The van der Waals surface area contributed by atoms with Crippen LogP contribution in [0, 0.1) is 12.8 Å². The number of benzene rings is 1. The Labute approximate surface area is 180 Å². The number of rotatable bonds is 7. The Morgan fingerprint density at radius 1 is 1.07 bits per heavy atom. The van der Waals surface area contributed by atoms with E-state index in [1.807, 2.05) is 6.92 Å². The molecule has 2 aromatic rings. The van der Waals surface area contributed by atoms with Gasteiger partial charge in [0, 0.05) is 24.7 Å². The molecular weight excluding hydrogens is 372 g/mol. The summed E-state index contributed by atoms with van der Waals surface area (Å²) in [5.74, 6) is 1.79. The van der Waals surface area contributed by atoms with Crippen molar-refractivity contribution in [2.45, 2.75) is 57.4 Å². The fourth-order valence-electron chi connectivity index (χ4n) is 5.18. The minimum Gasteiger partial charge on any atom is -0.463 e. The van der Waals surface area contributed by atoms with Crippen molar-refractivity contribution in [1.29, 1.82) is 0 Å². The molecule has 160 valence electrons. The molecule has 3 heterocycles. The first kappa shape index (κ1) is 20.0. The van der Waals surface area contributed by atoms with Crippen molar-refractivity contribution in [1.82, 2.24) is 20.2 Å². The molecule has 30 heavy (non-hydrogen) atoms. The van der Waals surface area contributed by atoms with E-state index in [2.05, 4.69) is 45.5 Å². The highest BCUT2D eigenvalue weighted by Gasteiger charge is 2.31. The van der Waals surface area contributed by atoms with Gasteiger partial charge < -0.3 is 10.1 Å². The van der Waals surface area contributed by atoms with Crippen LogP contribution in [0.1, 0.15) is 66.5 Å². The van der Waals surface area contributed by atoms with Crippen LogP contribution >= 0.6 is 0 Å². The van der Waals surface area contributed by atoms with Gasteiger partial charge in [-0.25, -0.2) is 4.98 Å². The Morgan fingerprint density at radius 3 is 2.60 bits per heavy atom. The third-order valence-corrected chi connectivity index (χ3v) is 7.07. The number of aryl methyl sites for hydroxylation is 1. The molecule has 0 amide bonds. The van der Waals surface area contributed by atoms with Gasteiger partial charge in [-0.1, -0.05) is 24.3 Å². The first-order valence-corrected chi connectivity index (χ1v) is 11.7. The molecule has 1 aromatic carbocycles. The molecule has 1 N–H and O–H groups in total. The molecule has 2 saturated heterocycles. The lowest BCUT2D eigenvalue weighted by molar-refractivity contribution is 0.149. The molecular formula is C25H34N4O. The van der Waals surface area contributed by atoms with Crippen LogP contribution in [-0.4, -0.2) is 47.7 Å². The topological polar surface area (TPSA) is 50.3 Å². The molecule has 3 fully saturated rings. The summed E-state index contributed by atoms with van der Waals surface area (Å²) in [6.45, 7) is 8.48. The molecule has 1 atom stereocenters.